The van der Waals surface area contributed by atoms with Gasteiger partial charge in [-0.15, -0.1) is 0 Å². The second kappa shape index (κ2) is 25.1. The van der Waals surface area contributed by atoms with Crippen LogP contribution in [0.1, 0.15) is 45.5 Å². The summed E-state index contributed by atoms with van der Waals surface area (Å²) in [4.78, 5) is 41.5. The third-order valence-corrected chi connectivity index (χ3v) is 16.4. The van der Waals surface area contributed by atoms with Crippen molar-refractivity contribution in [3.05, 3.63) is 222 Å². The van der Waals surface area contributed by atoms with E-state index >= 15 is 13.2 Å². The van der Waals surface area contributed by atoms with Gasteiger partial charge in [0, 0.05) is 149 Å². The third-order valence-electron chi connectivity index (χ3n) is 13.4. The number of benzene rings is 5. The number of aromatic hydroxyl groups is 1. The van der Waals surface area contributed by atoms with Crippen LogP contribution in [-0.2, 0) is 64.1 Å². The van der Waals surface area contributed by atoms with Crippen molar-refractivity contribution in [2.45, 2.75) is 55.1 Å². The molecule has 1 amide bonds. The average molecular weight is 1100 g/mol. The fraction of sp³-hybridized carbons (Fsp3) is 0.217. The Kier molecular flexibility index (Phi) is 17.7. The second-order valence-electron chi connectivity index (χ2n) is 19.6. The molecule has 79 heavy (non-hydrogen) atoms. The van der Waals surface area contributed by atoms with Gasteiger partial charge in [-0.2, -0.15) is 4.72 Å². The SMILES string of the molecule is CN(C)c1cccc2c(S(=O)(=O)NCCNC(=O)C(NS(=O)(=O)c3cccc4c(N(C)C)cccc34)c3cc(CN(Cc4ccccn4)Cc4ccccn4)c(O)c(CN(Cc4ccccn4)Cc4ccccn4)c3)cccc12. The van der Waals surface area contributed by atoms with Gasteiger partial charge in [-0.1, -0.05) is 72.8 Å². The lowest BCUT2D eigenvalue weighted by Gasteiger charge is -2.27. The number of phenolic OH excluding ortho intramolecular Hbond substituents is 1. The maximum Gasteiger partial charge on any atom is 0.242 e. The number of sulfonamides is 2. The maximum absolute atomic E-state index is 15.1. The van der Waals surface area contributed by atoms with Gasteiger partial charge in [0.05, 0.1) is 32.6 Å². The van der Waals surface area contributed by atoms with Gasteiger partial charge in [-0.3, -0.25) is 34.5 Å². The molecule has 0 aliphatic carbocycles. The molecule has 0 bridgehead atoms. The third kappa shape index (κ3) is 13.8. The summed E-state index contributed by atoms with van der Waals surface area (Å²) in [5, 5.41) is 17.9. The molecular weight excluding hydrogens is 1030 g/mol. The molecule has 1 atom stereocenters. The molecule has 4 aromatic heterocycles. The molecular formula is C60H63N11O6S2. The number of amides is 1. The normalized spacial score (nSPS) is 12.3. The first-order chi connectivity index (χ1) is 38.1. The summed E-state index contributed by atoms with van der Waals surface area (Å²) in [5.74, 6) is -0.825. The van der Waals surface area contributed by atoms with E-state index in [2.05, 4.69) is 44.5 Å². The largest absolute Gasteiger partial charge is 0.507 e. The Morgan fingerprint density at radius 2 is 0.873 bits per heavy atom. The first-order valence-electron chi connectivity index (χ1n) is 25.7. The zero-order valence-corrected chi connectivity index (χ0v) is 46.1. The highest BCUT2D eigenvalue weighted by Crippen LogP contribution is 2.35. The van der Waals surface area contributed by atoms with Crippen molar-refractivity contribution in [2.24, 2.45) is 0 Å². The van der Waals surface area contributed by atoms with Gasteiger partial charge in [0.2, 0.25) is 26.0 Å². The average Bonchev–Trinajstić information content (AvgIpc) is 3.60. The van der Waals surface area contributed by atoms with E-state index in [0.29, 0.717) is 53.5 Å². The summed E-state index contributed by atoms with van der Waals surface area (Å²) in [6, 6.07) is 45.2. The predicted molar refractivity (Wildman–Crippen MR) is 309 cm³/mol. The van der Waals surface area contributed by atoms with E-state index in [-0.39, 0.29) is 47.3 Å². The standard InChI is InChI=1S/C60H63N11O6S2/c1-68(2)54-25-13-23-52-50(54)21-15-27-56(52)78(74,75)66-34-33-65-60(73)58(67-79(76,77)57-28-16-22-51-53(57)24-14-26-55(51)69(3)4)43-35-44(37-70(39-46-17-5-9-29-61-46)40-47-18-6-10-30-62-47)59(72)45(36-43)38-71(41-48-19-7-11-31-63-48)42-49-20-8-12-32-64-49/h5-32,35-36,58,66-67,72H,33-34,37-42H2,1-4H3,(H,65,73). The van der Waals surface area contributed by atoms with E-state index in [0.717, 1.165) is 39.5 Å². The van der Waals surface area contributed by atoms with Crippen molar-refractivity contribution in [1.82, 2.24) is 44.5 Å². The Labute approximate surface area is 461 Å². The van der Waals surface area contributed by atoms with Gasteiger partial charge in [0.15, 0.2) is 0 Å². The number of rotatable bonds is 24. The van der Waals surface area contributed by atoms with Crippen LogP contribution in [0.2, 0.25) is 0 Å². The topological polar surface area (TPSA) is 206 Å². The number of phenols is 1. The smallest absolute Gasteiger partial charge is 0.242 e. The lowest BCUT2D eigenvalue weighted by Crippen LogP contribution is -2.43. The van der Waals surface area contributed by atoms with Crippen LogP contribution < -0.4 is 24.6 Å². The minimum absolute atomic E-state index is 0.0557. The van der Waals surface area contributed by atoms with Crippen LogP contribution in [-0.4, -0.2) is 98.9 Å². The van der Waals surface area contributed by atoms with Crippen molar-refractivity contribution in [2.75, 3.05) is 51.1 Å². The highest BCUT2D eigenvalue weighted by Gasteiger charge is 2.31. The Morgan fingerprint density at radius 1 is 0.481 bits per heavy atom. The predicted octanol–water partition coefficient (Wildman–Crippen LogP) is 7.93. The molecule has 0 saturated carbocycles. The minimum atomic E-state index is -4.55. The first kappa shape index (κ1) is 55.6. The van der Waals surface area contributed by atoms with E-state index in [1.165, 1.54) is 12.1 Å². The Bertz CT molecular complexity index is 3580. The highest BCUT2D eigenvalue weighted by atomic mass is 32.2. The van der Waals surface area contributed by atoms with Gasteiger partial charge in [0.1, 0.15) is 11.8 Å². The van der Waals surface area contributed by atoms with Crippen LogP contribution >= 0.6 is 0 Å². The number of hydrogen-bond acceptors (Lipinski definition) is 14. The van der Waals surface area contributed by atoms with Crippen molar-refractivity contribution < 1.29 is 26.7 Å². The number of carbonyl (C=O) groups excluding carboxylic acids is 1. The number of nitrogens with zero attached hydrogens (tertiary/aromatic N) is 8. The van der Waals surface area contributed by atoms with Crippen LogP contribution in [0.4, 0.5) is 11.4 Å². The summed E-state index contributed by atoms with van der Waals surface area (Å²) in [7, 11) is -1.14. The minimum Gasteiger partial charge on any atom is -0.507 e. The fourth-order valence-electron chi connectivity index (χ4n) is 9.72. The summed E-state index contributed by atoms with van der Waals surface area (Å²) in [6.45, 7) is 1.17. The fourth-order valence-corrected chi connectivity index (χ4v) is 12.4. The first-order valence-corrected chi connectivity index (χ1v) is 28.7. The van der Waals surface area contributed by atoms with Crippen molar-refractivity contribution in [3.63, 3.8) is 0 Å². The van der Waals surface area contributed by atoms with E-state index in [1.807, 2.05) is 135 Å². The maximum atomic E-state index is 15.1. The molecule has 17 nitrogen and oxygen atoms in total. The molecule has 0 saturated heterocycles. The molecule has 1 unspecified atom stereocenters. The molecule has 9 aromatic rings. The Morgan fingerprint density at radius 3 is 1.27 bits per heavy atom. The van der Waals surface area contributed by atoms with E-state index < -0.39 is 32.0 Å². The molecule has 9 rings (SSSR count). The van der Waals surface area contributed by atoms with Crippen molar-refractivity contribution in [3.8, 4) is 5.75 Å². The lowest BCUT2D eigenvalue weighted by molar-refractivity contribution is -0.122. The second-order valence-corrected chi connectivity index (χ2v) is 23.0. The molecule has 0 aliphatic rings. The molecule has 5 aromatic carbocycles. The number of fused-ring (bicyclic) bond motifs is 2. The van der Waals surface area contributed by atoms with Crippen LogP contribution in [0.15, 0.2) is 192 Å². The summed E-state index contributed by atoms with van der Waals surface area (Å²) < 4.78 is 63.7. The molecule has 406 valence electrons. The van der Waals surface area contributed by atoms with Gasteiger partial charge >= 0.3 is 0 Å². The quantitative estimate of drug-likeness (QED) is 0.0425. The number of aromatic nitrogens is 4. The molecule has 0 radical (unpaired) electrons. The van der Waals surface area contributed by atoms with Crippen LogP contribution in [0, 0.1) is 0 Å². The molecule has 0 aliphatic heterocycles. The highest BCUT2D eigenvalue weighted by molar-refractivity contribution is 7.90. The van der Waals surface area contributed by atoms with Crippen molar-refractivity contribution >= 4 is 58.9 Å². The Balaban J connectivity index is 1.13. The molecule has 4 heterocycles. The number of carbonyl (C=O) groups is 1. The number of hydrogen-bond donors (Lipinski definition) is 4. The van der Waals surface area contributed by atoms with Gasteiger partial charge in [-0.25, -0.2) is 21.6 Å². The number of nitrogens with one attached hydrogen (secondary N) is 3. The van der Waals surface area contributed by atoms with Crippen molar-refractivity contribution in [1.29, 1.82) is 0 Å². The van der Waals surface area contributed by atoms with Gasteiger partial charge in [0.25, 0.3) is 0 Å². The van der Waals surface area contributed by atoms with Gasteiger partial charge in [-0.05, 0) is 90.5 Å². The zero-order valence-electron chi connectivity index (χ0n) is 44.4. The number of pyridine rings is 4. The molecule has 0 spiro atoms. The lowest BCUT2D eigenvalue weighted by atomic mass is 9.97. The van der Waals surface area contributed by atoms with Crippen LogP contribution in [0.25, 0.3) is 21.5 Å². The van der Waals surface area contributed by atoms with E-state index in [9.17, 15) is 13.5 Å². The monoisotopic (exact) mass is 1100 g/mol. The summed E-state index contributed by atoms with van der Waals surface area (Å²) in [6.07, 6.45) is 6.85. The van der Waals surface area contributed by atoms with Crippen LogP contribution in [0.3, 0.4) is 0 Å². The Hall–Kier alpha value is -8.17. The summed E-state index contributed by atoms with van der Waals surface area (Å²) in [5.41, 5.74) is 5.70. The zero-order chi connectivity index (χ0) is 55.5. The van der Waals surface area contributed by atoms with E-state index in [1.54, 1.807) is 73.3 Å². The van der Waals surface area contributed by atoms with E-state index in [4.69, 9.17) is 0 Å². The molecule has 0 fully saturated rings. The van der Waals surface area contributed by atoms with Gasteiger partial charge < -0.3 is 20.2 Å². The molecule has 19 heteroatoms. The van der Waals surface area contributed by atoms with Crippen LogP contribution in [0.5, 0.6) is 5.75 Å². The number of anilines is 2. The summed E-state index contributed by atoms with van der Waals surface area (Å²) >= 11 is 0. The molecule has 4 N–H and O–H groups in total.